The molecule has 7 heteroatoms. The van der Waals surface area contributed by atoms with Crippen LogP contribution in [0.4, 0.5) is 0 Å². The fourth-order valence-electron chi connectivity index (χ4n) is 3.66. The van der Waals surface area contributed by atoms with Crippen molar-refractivity contribution in [1.29, 1.82) is 0 Å². The Hall–Kier alpha value is -3.22. The molecule has 0 aliphatic carbocycles. The number of nitrogens with one attached hydrogen (secondary N) is 1. The second-order valence-electron chi connectivity index (χ2n) is 7.45. The van der Waals surface area contributed by atoms with E-state index in [-0.39, 0.29) is 25.2 Å². The fourth-order valence-corrected chi connectivity index (χ4v) is 3.66. The molecule has 0 unspecified atom stereocenters. The van der Waals surface area contributed by atoms with Gasteiger partial charge in [0.1, 0.15) is 5.75 Å². The van der Waals surface area contributed by atoms with E-state index in [1.807, 2.05) is 23.1 Å². The highest BCUT2D eigenvalue weighted by Gasteiger charge is 2.18. The van der Waals surface area contributed by atoms with E-state index in [1.165, 1.54) is 0 Å². The van der Waals surface area contributed by atoms with E-state index in [2.05, 4.69) is 5.32 Å². The van der Waals surface area contributed by atoms with E-state index in [0.29, 0.717) is 29.4 Å². The number of amides is 2. The molecule has 0 saturated carbocycles. The molecule has 30 heavy (non-hydrogen) atoms. The summed E-state index contributed by atoms with van der Waals surface area (Å²) in [5, 5.41) is 2.90. The quantitative estimate of drug-likeness (QED) is 0.792. The van der Waals surface area contributed by atoms with Gasteiger partial charge in [0.25, 0.3) is 11.8 Å². The van der Waals surface area contributed by atoms with Crippen molar-refractivity contribution in [1.82, 2.24) is 10.2 Å². The Kier molecular flexibility index (Phi) is 6.37. The van der Waals surface area contributed by atoms with Crippen molar-refractivity contribution in [2.75, 3.05) is 26.5 Å². The van der Waals surface area contributed by atoms with Gasteiger partial charge in [0.05, 0.1) is 5.56 Å². The zero-order valence-corrected chi connectivity index (χ0v) is 16.9. The third kappa shape index (κ3) is 4.84. The van der Waals surface area contributed by atoms with Crippen LogP contribution < -0.4 is 19.5 Å². The molecule has 0 spiro atoms. The molecule has 2 aromatic carbocycles. The minimum Gasteiger partial charge on any atom is -0.483 e. The highest BCUT2D eigenvalue weighted by atomic mass is 16.7. The van der Waals surface area contributed by atoms with Crippen LogP contribution in [0.2, 0.25) is 0 Å². The number of hydrogen-bond acceptors (Lipinski definition) is 5. The molecular formula is C23H26N2O5. The lowest BCUT2D eigenvalue weighted by Gasteiger charge is -2.20. The summed E-state index contributed by atoms with van der Waals surface area (Å²) in [6.45, 7) is 2.05. The van der Waals surface area contributed by atoms with E-state index < -0.39 is 0 Å². The molecule has 2 aromatic rings. The molecule has 158 valence electrons. The maximum absolute atomic E-state index is 12.7. The van der Waals surface area contributed by atoms with E-state index in [1.54, 1.807) is 24.3 Å². The lowest BCUT2D eigenvalue weighted by molar-refractivity contribution is -0.133. The van der Waals surface area contributed by atoms with Crippen LogP contribution in [0.1, 0.15) is 41.6 Å². The van der Waals surface area contributed by atoms with E-state index >= 15 is 0 Å². The Labute approximate surface area is 175 Å². The maximum Gasteiger partial charge on any atom is 0.260 e. The maximum atomic E-state index is 12.7. The van der Waals surface area contributed by atoms with Gasteiger partial charge in [-0.2, -0.15) is 0 Å². The summed E-state index contributed by atoms with van der Waals surface area (Å²) < 4.78 is 16.4. The van der Waals surface area contributed by atoms with Crippen LogP contribution in [-0.4, -0.2) is 43.2 Å². The number of benzene rings is 2. The topological polar surface area (TPSA) is 77.1 Å². The van der Waals surface area contributed by atoms with Gasteiger partial charge in [0, 0.05) is 19.6 Å². The monoisotopic (exact) mass is 410 g/mol. The molecule has 0 aromatic heterocycles. The number of fused-ring (bicyclic) bond motifs is 1. The summed E-state index contributed by atoms with van der Waals surface area (Å²) in [6, 6.07) is 12.5. The van der Waals surface area contributed by atoms with Crippen LogP contribution in [0.15, 0.2) is 42.5 Å². The van der Waals surface area contributed by atoms with Gasteiger partial charge in [0.2, 0.25) is 6.79 Å². The Bertz CT molecular complexity index is 906. The number of carbonyl (C=O) groups excluding carboxylic acids is 2. The van der Waals surface area contributed by atoms with Crippen molar-refractivity contribution in [3.8, 4) is 17.2 Å². The average molecular weight is 410 g/mol. The van der Waals surface area contributed by atoms with Crippen LogP contribution >= 0.6 is 0 Å². The number of likely N-dealkylation sites (tertiary alicyclic amines) is 1. The van der Waals surface area contributed by atoms with Crippen molar-refractivity contribution >= 4 is 11.8 Å². The smallest absolute Gasteiger partial charge is 0.260 e. The summed E-state index contributed by atoms with van der Waals surface area (Å²) >= 11 is 0. The molecule has 7 nitrogen and oxygen atoms in total. The van der Waals surface area contributed by atoms with Crippen LogP contribution in [0.5, 0.6) is 17.2 Å². The van der Waals surface area contributed by atoms with Gasteiger partial charge in [-0.25, -0.2) is 0 Å². The SMILES string of the molecule is O=C(NCc1ccc2c(c1)OCO2)c1ccccc1OCC(=O)N1CCCCCC1. The number of hydrogen-bond donors (Lipinski definition) is 1. The van der Waals surface area contributed by atoms with Crippen molar-refractivity contribution in [2.45, 2.75) is 32.2 Å². The average Bonchev–Trinajstić information content (AvgIpc) is 3.07. The molecule has 2 heterocycles. The Morgan fingerprint density at radius 3 is 2.57 bits per heavy atom. The lowest BCUT2D eigenvalue weighted by atomic mass is 10.1. The standard InChI is InChI=1S/C23H26N2O5/c26-22(25-11-5-1-2-6-12-25)15-28-19-8-4-3-7-18(19)23(27)24-14-17-9-10-20-21(13-17)30-16-29-20/h3-4,7-10,13H,1-2,5-6,11-12,14-16H2,(H,24,27). The van der Waals surface area contributed by atoms with E-state index in [9.17, 15) is 9.59 Å². The predicted molar refractivity (Wildman–Crippen MR) is 111 cm³/mol. The van der Waals surface area contributed by atoms with E-state index in [0.717, 1.165) is 44.3 Å². The van der Waals surface area contributed by atoms with Gasteiger partial charge in [-0.05, 0) is 42.7 Å². The first-order valence-electron chi connectivity index (χ1n) is 10.4. The van der Waals surface area contributed by atoms with Crippen molar-refractivity contribution in [3.05, 3.63) is 53.6 Å². The largest absolute Gasteiger partial charge is 0.483 e. The molecule has 0 atom stereocenters. The van der Waals surface area contributed by atoms with Gasteiger partial charge in [-0.3, -0.25) is 9.59 Å². The number of carbonyl (C=O) groups is 2. The molecule has 1 saturated heterocycles. The first kappa shape index (κ1) is 20.1. The molecule has 2 aliphatic heterocycles. The number of ether oxygens (including phenoxy) is 3. The normalized spacial score (nSPS) is 15.4. The molecule has 2 aliphatic rings. The molecule has 4 rings (SSSR count). The van der Waals surface area contributed by atoms with Crippen LogP contribution in [0.25, 0.3) is 0 Å². The van der Waals surface area contributed by atoms with Gasteiger partial charge < -0.3 is 24.4 Å². The summed E-state index contributed by atoms with van der Waals surface area (Å²) in [7, 11) is 0. The van der Waals surface area contributed by atoms with Crippen LogP contribution in [-0.2, 0) is 11.3 Å². The Morgan fingerprint density at radius 1 is 0.967 bits per heavy atom. The van der Waals surface area contributed by atoms with Gasteiger partial charge >= 0.3 is 0 Å². The van der Waals surface area contributed by atoms with E-state index in [4.69, 9.17) is 14.2 Å². The number of rotatable bonds is 6. The summed E-state index contributed by atoms with van der Waals surface area (Å²) in [5.74, 6) is 1.50. The first-order valence-corrected chi connectivity index (χ1v) is 10.4. The molecular weight excluding hydrogens is 384 g/mol. The van der Waals surface area contributed by atoms with Crippen LogP contribution in [0.3, 0.4) is 0 Å². The zero-order chi connectivity index (χ0) is 20.8. The fraction of sp³-hybridized carbons (Fsp3) is 0.391. The summed E-state index contributed by atoms with van der Waals surface area (Å²) in [4.78, 5) is 27.1. The van der Waals surface area contributed by atoms with Gasteiger partial charge in [0.15, 0.2) is 18.1 Å². The summed E-state index contributed by atoms with van der Waals surface area (Å²) in [6.07, 6.45) is 4.39. The van der Waals surface area contributed by atoms with Gasteiger partial charge in [-0.1, -0.05) is 31.0 Å². The molecule has 1 N–H and O–H groups in total. The first-order chi connectivity index (χ1) is 14.7. The number of nitrogens with zero attached hydrogens (tertiary/aromatic N) is 1. The molecule has 1 fully saturated rings. The van der Waals surface area contributed by atoms with Crippen LogP contribution in [0, 0.1) is 0 Å². The second-order valence-corrected chi connectivity index (χ2v) is 7.45. The van der Waals surface area contributed by atoms with Crippen molar-refractivity contribution in [2.24, 2.45) is 0 Å². The zero-order valence-electron chi connectivity index (χ0n) is 16.9. The molecule has 0 bridgehead atoms. The number of para-hydroxylation sites is 1. The minimum absolute atomic E-state index is 0.0347. The van der Waals surface area contributed by atoms with Crippen molar-refractivity contribution in [3.63, 3.8) is 0 Å². The molecule has 2 amide bonds. The summed E-state index contributed by atoms with van der Waals surface area (Å²) in [5.41, 5.74) is 1.31. The van der Waals surface area contributed by atoms with Crippen molar-refractivity contribution < 1.29 is 23.8 Å². The second kappa shape index (κ2) is 9.52. The third-order valence-electron chi connectivity index (χ3n) is 5.33. The predicted octanol–water partition coefficient (Wildman–Crippen LogP) is 3.13. The third-order valence-corrected chi connectivity index (χ3v) is 5.33. The van der Waals surface area contributed by atoms with Gasteiger partial charge in [-0.15, -0.1) is 0 Å². The lowest BCUT2D eigenvalue weighted by Crippen LogP contribution is -2.35. The Balaban J connectivity index is 1.35. The Morgan fingerprint density at radius 2 is 1.73 bits per heavy atom. The minimum atomic E-state index is -0.259. The molecule has 0 radical (unpaired) electrons. The highest BCUT2D eigenvalue weighted by Crippen LogP contribution is 2.32. The highest BCUT2D eigenvalue weighted by molar-refractivity contribution is 5.97.